The van der Waals surface area contributed by atoms with Gasteiger partial charge in [0, 0.05) is 15.4 Å². The number of ether oxygens (including phenoxy) is 1. The number of hydrogen-bond donors (Lipinski definition) is 0. The third-order valence-corrected chi connectivity index (χ3v) is 3.59. The van der Waals surface area contributed by atoms with E-state index in [0.717, 1.165) is 32.3 Å². The van der Waals surface area contributed by atoms with Gasteiger partial charge in [0.05, 0.1) is 6.26 Å². The molecule has 3 heteroatoms. The molecule has 19 heavy (non-hydrogen) atoms. The first-order chi connectivity index (χ1) is 9.24. The summed E-state index contributed by atoms with van der Waals surface area (Å²) in [4.78, 5) is 0. The second-order valence-electron chi connectivity index (χ2n) is 4.46. The molecular weight excluding hydrogens is 304 g/mol. The Hall–Kier alpha value is -1.74. The zero-order valence-corrected chi connectivity index (χ0v) is 12.1. The molecule has 0 aliphatic carbocycles. The van der Waals surface area contributed by atoms with Crippen molar-refractivity contribution in [3.63, 3.8) is 0 Å². The molecule has 0 saturated heterocycles. The maximum Gasteiger partial charge on any atom is 0.134 e. The number of benzene rings is 2. The van der Waals surface area contributed by atoms with Crippen molar-refractivity contribution in [2.75, 3.05) is 0 Å². The fourth-order valence-corrected chi connectivity index (χ4v) is 2.40. The summed E-state index contributed by atoms with van der Waals surface area (Å²) in [6, 6.07) is 14.0. The van der Waals surface area contributed by atoms with E-state index in [9.17, 15) is 0 Å². The highest BCUT2D eigenvalue weighted by atomic mass is 79.9. The highest BCUT2D eigenvalue weighted by Crippen LogP contribution is 2.26. The largest absolute Gasteiger partial charge is 0.488 e. The van der Waals surface area contributed by atoms with E-state index in [1.807, 2.05) is 43.3 Å². The van der Waals surface area contributed by atoms with Gasteiger partial charge in [0.15, 0.2) is 0 Å². The molecule has 0 amide bonds. The van der Waals surface area contributed by atoms with Crippen LogP contribution in [0.5, 0.6) is 5.75 Å². The highest BCUT2D eigenvalue weighted by molar-refractivity contribution is 9.10. The third kappa shape index (κ3) is 2.51. The van der Waals surface area contributed by atoms with Crippen LogP contribution in [0.1, 0.15) is 11.1 Å². The normalized spacial score (nSPS) is 10.8. The number of aryl methyl sites for hydroxylation is 1. The molecule has 0 N–H and O–H groups in total. The second kappa shape index (κ2) is 5.10. The van der Waals surface area contributed by atoms with Crippen molar-refractivity contribution >= 4 is 26.9 Å². The summed E-state index contributed by atoms with van der Waals surface area (Å²) in [5.41, 5.74) is 3.07. The molecule has 0 spiro atoms. The Morgan fingerprint density at radius 1 is 1.16 bits per heavy atom. The lowest BCUT2D eigenvalue weighted by Crippen LogP contribution is -1.95. The van der Waals surface area contributed by atoms with E-state index in [2.05, 4.69) is 22.0 Å². The van der Waals surface area contributed by atoms with Crippen LogP contribution in [0.25, 0.3) is 11.0 Å². The predicted molar refractivity (Wildman–Crippen MR) is 79.4 cm³/mol. The first kappa shape index (κ1) is 12.3. The third-order valence-electron chi connectivity index (χ3n) is 3.09. The summed E-state index contributed by atoms with van der Waals surface area (Å²) in [5.74, 6) is 0.909. The first-order valence-corrected chi connectivity index (χ1v) is 6.87. The summed E-state index contributed by atoms with van der Waals surface area (Å²) < 4.78 is 12.4. The lowest BCUT2D eigenvalue weighted by Gasteiger charge is -2.07. The monoisotopic (exact) mass is 316 g/mol. The Morgan fingerprint density at radius 2 is 2.00 bits per heavy atom. The van der Waals surface area contributed by atoms with E-state index < -0.39 is 0 Å². The Morgan fingerprint density at radius 3 is 2.84 bits per heavy atom. The molecular formula is C16H13BrO2. The SMILES string of the molecule is Cc1ccccc1OCc1coc2ccc(Br)cc12. The van der Waals surface area contributed by atoms with E-state index in [0.29, 0.717) is 6.61 Å². The van der Waals surface area contributed by atoms with Gasteiger partial charge in [-0.05, 0) is 36.8 Å². The summed E-state index contributed by atoms with van der Waals surface area (Å²) in [6.45, 7) is 2.55. The van der Waals surface area contributed by atoms with Crippen molar-refractivity contribution in [2.24, 2.45) is 0 Å². The average Bonchev–Trinajstić information content (AvgIpc) is 2.80. The van der Waals surface area contributed by atoms with Gasteiger partial charge in [-0.3, -0.25) is 0 Å². The molecule has 0 atom stereocenters. The molecule has 0 bridgehead atoms. The first-order valence-electron chi connectivity index (χ1n) is 6.08. The van der Waals surface area contributed by atoms with Crippen LogP contribution in [-0.4, -0.2) is 0 Å². The minimum Gasteiger partial charge on any atom is -0.488 e. The van der Waals surface area contributed by atoms with Gasteiger partial charge in [0.25, 0.3) is 0 Å². The molecule has 0 unspecified atom stereocenters. The van der Waals surface area contributed by atoms with Gasteiger partial charge in [0.1, 0.15) is 17.9 Å². The number of furan rings is 1. The molecule has 96 valence electrons. The van der Waals surface area contributed by atoms with Crippen LogP contribution in [0.15, 0.2) is 57.6 Å². The lowest BCUT2D eigenvalue weighted by atomic mass is 10.2. The minimum absolute atomic E-state index is 0.508. The summed E-state index contributed by atoms with van der Waals surface area (Å²) in [7, 11) is 0. The van der Waals surface area contributed by atoms with Crippen LogP contribution in [0.3, 0.4) is 0 Å². The standard InChI is InChI=1S/C16H13BrO2/c1-11-4-2-3-5-15(11)18-9-12-10-19-16-7-6-13(17)8-14(12)16/h2-8,10H,9H2,1H3. The van der Waals surface area contributed by atoms with Crippen LogP contribution < -0.4 is 4.74 Å². The van der Waals surface area contributed by atoms with E-state index in [4.69, 9.17) is 9.15 Å². The van der Waals surface area contributed by atoms with Gasteiger partial charge >= 0.3 is 0 Å². The van der Waals surface area contributed by atoms with Gasteiger partial charge in [-0.1, -0.05) is 34.1 Å². The molecule has 2 nitrogen and oxygen atoms in total. The zero-order valence-electron chi connectivity index (χ0n) is 10.5. The maximum absolute atomic E-state index is 5.85. The molecule has 0 fully saturated rings. The van der Waals surface area contributed by atoms with Crippen LogP contribution in [0.4, 0.5) is 0 Å². The van der Waals surface area contributed by atoms with Crippen LogP contribution in [0, 0.1) is 6.92 Å². The zero-order chi connectivity index (χ0) is 13.2. The summed E-state index contributed by atoms with van der Waals surface area (Å²) >= 11 is 3.48. The van der Waals surface area contributed by atoms with Gasteiger partial charge in [-0.2, -0.15) is 0 Å². The molecule has 3 rings (SSSR count). The highest BCUT2D eigenvalue weighted by Gasteiger charge is 2.07. The van der Waals surface area contributed by atoms with E-state index in [1.165, 1.54) is 0 Å². The number of fused-ring (bicyclic) bond motifs is 1. The van der Waals surface area contributed by atoms with Crippen LogP contribution >= 0.6 is 15.9 Å². The molecule has 1 aromatic heterocycles. The van der Waals surface area contributed by atoms with E-state index in [1.54, 1.807) is 6.26 Å². The maximum atomic E-state index is 5.85. The quantitative estimate of drug-likeness (QED) is 0.672. The topological polar surface area (TPSA) is 22.4 Å². The molecule has 1 heterocycles. The van der Waals surface area contributed by atoms with Gasteiger partial charge in [-0.15, -0.1) is 0 Å². The van der Waals surface area contributed by atoms with Crippen molar-refractivity contribution < 1.29 is 9.15 Å². The van der Waals surface area contributed by atoms with Crippen molar-refractivity contribution in [1.29, 1.82) is 0 Å². The Labute approximate surface area is 120 Å². The molecule has 0 aliphatic rings. The molecule has 0 saturated carbocycles. The van der Waals surface area contributed by atoms with Crippen molar-refractivity contribution in [1.82, 2.24) is 0 Å². The number of rotatable bonds is 3. The minimum atomic E-state index is 0.508. The Kier molecular flexibility index (Phi) is 3.30. The van der Waals surface area contributed by atoms with E-state index >= 15 is 0 Å². The summed E-state index contributed by atoms with van der Waals surface area (Å²) in [5, 5.41) is 1.09. The lowest BCUT2D eigenvalue weighted by molar-refractivity contribution is 0.304. The van der Waals surface area contributed by atoms with Gasteiger partial charge in [0.2, 0.25) is 0 Å². The van der Waals surface area contributed by atoms with Crippen LogP contribution in [0.2, 0.25) is 0 Å². The number of halogens is 1. The Bertz CT molecular complexity index is 716. The molecule has 0 radical (unpaired) electrons. The second-order valence-corrected chi connectivity index (χ2v) is 5.37. The molecule has 2 aromatic carbocycles. The molecule has 0 aliphatic heterocycles. The molecule has 3 aromatic rings. The van der Waals surface area contributed by atoms with Gasteiger partial charge in [-0.25, -0.2) is 0 Å². The van der Waals surface area contributed by atoms with Crippen molar-refractivity contribution in [2.45, 2.75) is 13.5 Å². The number of para-hydroxylation sites is 1. The fraction of sp³-hybridized carbons (Fsp3) is 0.125. The predicted octanol–water partition coefficient (Wildman–Crippen LogP) is 5.08. The average molecular weight is 317 g/mol. The Balaban J connectivity index is 1.86. The number of hydrogen-bond acceptors (Lipinski definition) is 2. The smallest absolute Gasteiger partial charge is 0.134 e. The van der Waals surface area contributed by atoms with E-state index in [-0.39, 0.29) is 0 Å². The van der Waals surface area contributed by atoms with Crippen molar-refractivity contribution in [3.05, 3.63) is 64.3 Å². The van der Waals surface area contributed by atoms with Gasteiger partial charge < -0.3 is 9.15 Å². The summed E-state index contributed by atoms with van der Waals surface area (Å²) in [6.07, 6.45) is 1.76. The fourth-order valence-electron chi connectivity index (χ4n) is 2.04. The van der Waals surface area contributed by atoms with Crippen LogP contribution in [-0.2, 0) is 6.61 Å². The van der Waals surface area contributed by atoms with Crippen molar-refractivity contribution in [3.8, 4) is 5.75 Å².